The van der Waals surface area contributed by atoms with Gasteiger partial charge >= 0.3 is 0 Å². The Kier molecular flexibility index (Phi) is 6.26. The van der Waals surface area contributed by atoms with E-state index in [0.717, 1.165) is 5.56 Å². The first-order valence-corrected chi connectivity index (χ1v) is 6.56. The summed E-state index contributed by atoms with van der Waals surface area (Å²) < 4.78 is 0. The topological polar surface area (TPSA) is 86.8 Å². The number of nitrogens with zero attached hydrogens (tertiary/aromatic N) is 1. The summed E-state index contributed by atoms with van der Waals surface area (Å²) in [5, 5.41) is 18.6. The average molecular weight is 301 g/mol. The van der Waals surface area contributed by atoms with Crippen LogP contribution in [0.1, 0.15) is 18.4 Å². The molecule has 1 aromatic carbocycles. The van der Waals surface area contributed by atoms with Crippen LogP contribution in [0.15, 0.2) is 24.3 Å². The lowest BCUT2D eigenvalue weighted by molar-refractivity contribution is -0.134. The van der Waals surface area contributed by atoms with Crippen LogP contribution in [0.5, 0.6) is 5.75 Å². The number of rotatable bonds is 3. The summed E-state index contributed by atoms with van der Waals surface area (Å²) in [6.45, 7) is 1.15. The molecular weight excluding hydrogens is 280 g/mol. The van der Waals surface area contributed by atoms with Gasteiger partial charge in [-0.05, 0) is 37.0 Å². The zero-order valence-electron chi connectivity index (χ0n) is 11.2. The number of hydrogen-bond acceptors (Lipinski definition) is 4. The molecule has 1 amide bonds. The Bertz CT molecular complexity index is 431. The molecule has 1 aliphatic rings. The van der Waals surface area contributed by atoms with E-state index in [1.165, 1.54) is 0 Å². The number of nitrogens with two attached hydrogens (primary N) is 1. The fourth-order valence-electron chi connectivity index (χ4n) is 2.29. The fourth-order valence-corrected chi connectivity index (χ4v) is 2.29. The number of likely N-dealkylation sites (tertiary alicyclic amines) is 1. The maximum atomic E-state index is 12.1. The molecule has 0 radical (unpaired) electrons. The standard InChI is InChI=1S/C14H20N2O3.ClH/c15-13(9-10-1-3-11(17)4-2-10)14(19)16-7-5-12(18)6-8-16;/h1-4,12-13,17-18H,5-9,15H2;1H. The smallest absolute Gasteiger partial charge is 0.239 e. The fraction of sp³-hybridized carbons (Fsp3) is 0.500. The van der Waals surface area contributed by atoms with Crippen molar-refractivity contribution in [2.45, 2.75) is 31.4 Å². The van der Waals surface area contributed by atoms with Gasteiger partial charge in [-0.3, -0.25) is 4.79 Å². The van der Waals surface area contributed by atoms with Crippen molar-refractivity contribution in [3.63, 3.8) is 0 Å². The number of halogens is 1. The minimum absolute atomic E-state index is 0. The molecule has 1 atom stereocenters. The second-order valence-corrected chi connectivity index (χ2v) is 5.03. The van der Waals surface area contributed by atoms with Crippen LogP contribution in [-0.2, 0) is 11.2 Å². The summed E-state index contributed by atoms with van der Waals surface area (Å²) in [5.74, 6) is 0.133. The predicted molar refractivity (Wildman–Crippen MR) is 78.9 cm³/mol. The Balaban J connectivity index is 0.00000200. The molecule has 0 aromatic heterocycles. The van der Waals surface area contributed by atoms with Crippen molar-refractivity contribution in [1.82, 2.24) is 4.90 Å². The Morgan fingerprint density at radius 2 is 1.85 bits per heavy atom. The monoisotopic (exact) mass is 300 g/mol. The predicted octanol–water partition coefficient (Wildman–Crippen LogP) is 0.667. The third kappa shape index (κ3) is 4.37. The van der Waals surface area contributed by atoms with Gasteiger partial charge in [0.1, 0.15) is 5.75 Å². The molecule has 1 aromatic rings. The number of phenolic OH excluding ortho intramolecular Hbond substituents is 1. The van der Waals surface area contributed by atoms with Crippen LogP contribution in [0.25, 0.3) is 0 Å². The molecule has 0 saturated carbocycles. The Labute approximate surface area is 124 Å². The number of amides is 1. The zero-order chi connectivity index (χ0) is 13.8. The maximum Gasteiger partial charge on any atom is 0.239 e. The molecule has 1 aliphatic heterocycles. The van der Waals surface area contributed by atoms with Gasteiger partial charge in [-0.1, -0.05) is 12.1 Å². The minimum atomic E-state index is -0.570. The third-order valence-corrected chi connectivity index (χ3v) is 3.49. The molecule has 1 saturated heterocycles. The SMILES string of the molecule is Cl.NC(Cc1ccc(O)cc1)C(=O)N1CCC(O)CC1. The highest BCUT2D eigenvalue weighted by molar-refractivity contribution is 5.85. The molecule has 0 aliphatic carbocycles. The van der Waals surface area contributed by atoms with Crippen LogP contribution >= 0.6 is 12.4 Å². The quantitative estimate of drug-likeness (QED) is 0.765. The number of aliphatic hydroxyl groups excluding tert-OH is 1. The number of piperidine rings is 1. The Morgan fingerprint density at radius 3 is 2.40 bits per heavy atom. The highest BCUT2D eigenvalue weighted by atomic mass is 35.5. The van der Waals surface area contributed by atoms with Gasteiger partial charge in [-0.25, -0.2) is 0 Å². The minimum Gasteiger partial charge on any atom is -0.508 e. The number of hydrogen-bond donors (Lipinski definition) is 3. The summed E-state index contributed by atoms with van der Waals surface area (Å²) >= 11 is 0. The lowest BCUT2D eigenvalue weighted by Gasteiger charge is -2.31. The van der Waals surface area contributed by atoms with Crippen LogP contribution in [0.4, 0.5) is 0 Å². The van der Waals surface area contributed by atoms with E-state index in [-0.39, 0.29) is 30.2 Å². The van der Waals surface area contributed by atoms with Gasteiger partial charge < -0.3 is 20.8 Å². The van der Waals surface area contributed by atoms with Gasteiger partial charge in [0, 0.05) is 13.1 Å². The van der Waals surface area contributed by atoms with Crippen LogP contribution < -0.4 is 5.73 Å². The van der Waals surface area contributed by atoms with E-state index < -0.39 is 6.04 Å². The molecule has 112 valence electrons. The van der Waals surface area contributed by atoms with E-state index in [2.05, 4.69) is 0 Å². The molecule has 4 N–H and O–H groups in total. The molecule has 2 rings (SSSR count). The van der Waals surface area contributed by atoms with Crippen molar-refractivity contribution in [1.29, 1.82) is 0 Å². The van der Waals surface area contributed by atoms with E-state index in [1.54, 1.807) is 29.2 Å². The van der Waals surface area contributed by atoms with Gasteiger partial charge in [-0.2, -0.15) is 0 Å². The summed E-state index contributed by atoms with van der Waals surface area (Å²) in [6.07, 6.45) is 1.41. The first-order valence-electron chi connectivity index (χ1n) is 6.56. The van der Waals surface area contributed by atoms with Crippen LogP contribution in [0, 0.1) is 0 Å². The van der Waals surface area contributed by atoms with Gasteiger partial charge in [0.15, 0.2) is 0 Å². The highest BCUT2D eigenvalue weighted by Crippen LogP contribution is 2.14. The van der Waals surface area contributed by atoms with E-state index in [9.17, 15) is 15.0 Å². The normalized spacial score (nSPS) is 17.4. The van der Waals surface area contributed by atoms with Crippen molar-refractivity contribution in [2.75, 3.05) is 13.1 Å². The van der Waals surface area contributed by atoms with Crippen molar-refractivity contribution in [3.05, 3.63) is 29.8 Å². The second kappa shape index (κ2) is 7.47. The lowest BCUT2D eigenvalue weighted by Crippen LogP contribution is -2.48. The molecule has 20 heavy (non-hydrogen) atoms. The largest absolute Gasteiger partial charge is 0.508 e. The molecular formula is C14H21ClN2O3. The van der Waals surface area contributed by atoms with Crippen molar-refractivity contribution >= 4 is 18.3 Å². The van der Waals surface area contributed by atoms with Gasteiger partial charge in [0.25, 0.3) is 0 Å². The van der Waals surface area contributed by atoms with Crippen molar-refractivity contribution in [2.24, 2.45) is 5.73 Å². The van der Waals surface area contributed by atoms with E-state index in [4.69, 9.17) is 5.73 Å². The van der Waals surface area contributed by atoms with Gasteiger partial charge in [0.2, 0.25) is 5.91 Å². The molecule has 0 bridgehead atoms. The molecule has 6 heteroatoms. The lowest BCUT2D eigenvalue weighted by atomic mass is 10.0. The Morgan fingerprint density at radius 1 is 1.30 bits per heavy atom. The number of aliphatic hydroxyl groups is 1. The van der Waals surface area contributed by atoms with Gasteiger partial charge in [0.05, 0.1) is 12.1 Å². The summed E-state index contributed by atoms with van der Waals surface area (Å²) in [6, 6.07) is 6.14. The number of aromatic hydroxyl groups is 1. The van der Waals surface area contributed by atoms with Crippen molar-refractivity contribution < 1.29 is 15.0 Å². The summed E-state index contributed by atoms with van der Waals surface area (Å²) in [4.78, 5) is 13.9. The summed E-state index contributed by atoms with van der Waals surface area (Å²) in [5.41, 5.74) is 6.86. The van der Waals surface area contributed by atoms with Gasteiger partial charge in [-0.15, -0.1) is 12.4 Å². The van der Waals surface area contributed by atoms with E-state index >= 15 is 0 Å². The second-order valence-electron chi connectivity index (χ2n) is 5.03. The number of carbonyl (C=O) groups excluding carboxylic acids is 1. The molecule has 1 heterocycles. The van der Waals surface area contributed by atoms with Crippen LogP contribution in [0.3, 0.4) is 0 Å². The first kappa shape index (κ1) is 16.8. The molecule has 1 fully saturated rings. The van der Waals surface area contributed by atoms with E-state index in [1.807, 2.05) is 0 Å². The van der Waals surface area contributed by atoms with Crippen LogP contribution in [0.2, 0.25) is 0 Å². The average Bonchev–Trinajstić information content (AvgIpc) is 2.41. The first-order chi connectivity index (χ1) is 9.06. The molecule has 5 nitrogen and oxygen atoms in total. The number of phenols is 1. The summed E-state index contributed by atoms with van der Waals surface area (Å²) in [7, 11) is 0. The van der Waals surface area contributed by atoms with Crippen LogP contribution in [-0.4, -0.2) is 46.3 Å². The molecule has 0 spiro atoms. The number of carbonyl (C=O) groups is 1. The zero-order valence-corrected chi connectivity index (χ0v) is 12.1. The highest BCUT2D eigenvalue weighted by Gasteiger charge is 2.25. The maximum absolute atomic E-state index is 12.1. The third-order valence-electron chi connectivity index (χ3n) is 3.49. The number of benzene rings is 1. The Hall–Kier alpha value is -1.30. The van der Waals surface area contributed by atoms with Crippen molar-refractivity contribution in [3.8, 4) is 5.75 Å². The molecule has 1 unspecified atom stereocenters. The van der Waals surface area contributed by atoms with E-state index in [0.29, 0.717) is 32.4 Å².